The van der Waals surface area contributed by atoms with Crippen molar-refractivity contribution in [2.24, 2.45) is 11.3 Å². The zero-order valence-electron chi connectivity index (χ0n) is 6.78. The maximum atomic E-state index is 2.31. The number of hydrogen-bond acceptors (Lipinski definition) is 0. The molecule has 8 heavy (non-hydrogen) atoms. The maximum Gasteiger partial charge on any atom is -0.0357 e. The van der Waals surface area contributed by atoms with Crippen molar-refractivity contribution in [3.8, 4) is 0 Å². The Labute approximate surface area is 53.3 Å². The normalized spacial score (nSPS) is 16.1. The Morgan fingerprint density at radius 3 is 1.62 bits per heavy atom. The van der Waals surface area contributed by atoms with E-state index in [-0.39, 0.29) is 0 Å². The van der Waals surface area contributed by atoms with Gasteiger partial charge in [0.1, 0.15) is 0 Å². The standard InChI is InChI=1S/C8H18/c1-6-7(2)8(3,4)5/h7H,6H2,1-5H3/t7-/m1/s1. The van der Waals surface area contributed by atoms with Crippen LogP contribution in [-0.4, -0.2) is 0 Å². The van der Waals surface area contributed by atoms with Crippen LogP contribution in [0.2, 0.25) is 0 Å². The van der Waals surface area contributed by atoms with Crippen LogP contribution in [0.15, 0.2) is 0 Å². The minimum Gasteiger partial charge on any atom is -0.0651 e. The van der Waals surface area contributed by atoms with Crippen molar-refractivity contribution in [1.82, 2.24) is 0 Å². The van der Waals surface area contributed by atoms with Gasteiger partial charge in [-0.3, -0.25) is 0 Å². The first-order valence-corrected chi connectivity index (χ1v) is 3.48. The Morgan fingerprint density at radius 2 is 1.62 bits per heavy atom. The summed E-state index contributed by atoms with van der Waals surface area (Å²) < 4.78 is 0. The zero-order valence-corrected chi connectivity index (χ0v) is 6.78. The fourth-order valence-corrected chi connectivity index (χ4v) is 0.612. The average Bonchev–Trinajstić information content (AvgIpc) is 1.62. The molecule has 0 spiro atoms. The monoisotopic (exact) mass is 114 g/mol. The van der Waals surface area contributed by atoms with E-state index in [0.29, 0.717) is 5.41 Å². The average molecular weight is 114 g/mol. The molecule has 0 fully saturated rings. The first-order chi connectivity index (χ1) is 3.48. The fourth-order valence-electron chi connectivity index (χ4n) is 0.612. The van der Waals surface area contributed by atoms with Gasteiger partial charge in [-0.25, -0.2) is 0 Å². The minimum atomic E-state index is 0.509. The molecule has 0 nitrogen and oxygen atoms in total. The van der Waals surface area contributed by atoms with Crippen molar-refractivity contribution in [2.45, 2.75) is 41.0 Å². The SMILES string of the molecule is CC[C@@H](C)C(C)(C)C. The van der Waals surface area contributed by atoms with E-state index in [4.69, 9.17) is 0 Å². The van der Waals surface area contributed by atoms with Crippen LogP contribution in [0.1, 0.15) is 41.0 Å². The third kappa shape index (κ3) is 2.34. The van der Waals surface area contributed by atoms with Crippen LogP contribution < -0.4 is 0 Å². The van der Waals surface area contributed by atoms with Gasteiger partial charge in [0.05, 0.1) is 0 Å². The van der Waals surface area contributed by atoms with Crippen LogP contribution in [0.5, 0.6) is 0 Å². The largest absolute Gasteiger partial charge is 0.0651 e. The van der Waals surface area contributed by atoms with Crippen molar-refractivity contribution < 1.29 is 0 Å². The Bertz CT molecular complexity index is 56.9. The summed E-state index contributed by atoms with van der Waals surface area (Å²) in [5, 5.41) is 0. The molecule has 0 aromatic heterocycles. The molecule has 0 aliphatic carbocycles. The van der Waals surface area contributed by atoms with E-state index in [2.05, 4.69) is 34.6 Å². The van der Waals surface area contributed by atoms with Crippen molar-refractivity contribution in [3.05, 3.63) is 0 Å². The van der Waals surface area contributed by atoms with Gasteiger partial charge in [-0.1, -0.05) is 41.0 Å². The van der Waals surface area contributed by atoms with E-state index in [1.807, 2.05) is 0 Å². The van der Waals surface area contributed by atoms with E-state index >= 15 is 0 Å². The second kappa shape index (κ2) is 2.52. The molecule has 0 rings (SSSR count). The van der Waals surface area contributed by atoms with E-state index < -0.39 is 0 Å². The number of hydrogen-bond donors (Lipinski definition) is 0. The van der Waals surface area contributed by atoms with Crippen molar-refractivity contribution in [2.75, 3.05) is 0 Å². The predicted octanol–water partition coefficient (Wildman–Crippen LogP) is 3.08. The van der Waals surface area contributed by atoms with Gasteiger partial charge < -0.3 is 0 Å². The lowest BCUT2D eigenvalue weighted by Crippen LogP contribution is -2.15. The minimum absolute atomic E-state index is 0.509. The molecular formula is C8H18. The molecule has 0 amide bonds. The molecule has 0 bridgehead atoms. The molecule has 0 aromatic rings. The second-order valence-electron chi connectivity index (χ2n) is 3.68. The highest BCUT2D eigenvalue weighted by Crippen LogP contribution is 2.27. The smallest absolute Gasteiger partial charge is 0.0357 e. The van der Waals surface area contributed by atoms with Crippen LogP contribution in [0, 0.1) is 11.3 Å². The summed E-state index contributed by atoms with van der Waals surface area (Å²) in [5.74, 6) is 0.850. The van der Waals surface area contributed by atoms with E-state index in [9.17, 15) is 0 Å². The van der Waals surface area contributed by atoms with E-state index in [1.54, 1.807) is 0 Å². The lowest BCUT2D eigenvalue weighted by molar-refractivity contribution is 0.254. The summed E-state index contributed by atoms with van der Waals surface area (Å²) in [6.45, 7) is 11.4. The molecule has 1 atom stereocenters. The van der Waals surface area contributed by atoms with Crippen molar-refractivity contribution in [1.29, 1.82) is 0 Å². The molecule has 0 aromatic carbocycles. The van der Waals surface area contributed by atoms with Crippen LogP contribution >= 0.6 is 0 Å². The van der Waals surface area contributed by atoms with Gasteiger partial charge >= 0.3 is 0 Å². The maximum absolute atomic E-state index is 2.31. The fraction of sp³-hybridized carbons (Fsp3) is 1.00. The third-order valence-electron chi connectivity index (χ3n) is 2.09. The van der Waals surface area contributed by atoms with E-state index in [1.165, 1.54) is 6.42 Å². The van der Waals surface area contributed by atoms with Gasteiger partial charge in [0.25, 0.3) is 0 Å². The number of rotatable bonds is 1. The molecule has 0 radical (unpaired) electrons. The van der Waals surface area contributed by atoms with Gasteiger partial charge in [0.2, 0.25) is 0 Å². The molecule has 0 heterocycles. The van der Waals surface area contributed by atoms with E-state index in [0.717, 1.165) is 5.92 Å². The van der Waals surface area contributed by atoms with Crippen LogP contribution in [0.4, 0.5) is 0 Å². The van der Waals surface area contributed by atoms with Gasteiger partial charge in [-0.2, -0.15) is 0 Å². The molecule has 0 unspecified atom stereocenters. The molecular weight excluding hydrogens is 96.1 g/mol. The Hall–Kier alpha value is 0. The molecule has 0 aliphatic rings. The molecule has 0 N–H and O–H groups in total. The first kappa shape index (κ1) is 8.00. The predicted molar refractivity (Wildman–Crippen MR) is 38.9 cm³/mol. The third-order valence-corrected chi connectivity index (χ3v) is 2.09. The summed E-state index contributed by atoms with van der Waals surface area (Å²) in [5.41, 5.74) is 0.509. The van der Waals surface area contributed by atoms with Crippen molar-refractivity contribution in [3.63, 3.8) is 0 Å². The Morgan fingerprint density at radius 1 is 1.25 bits per heavy atom. The lowest BCUT2D eigenvalue weighted by Gasteiger charge is -2.25. The summed E-state index contributed by atoms with van der Waals surface area (Å²) in [7, 11) is 0. The van der Waals surface area contributed by atoms with Crippen LogP contribution in [-0.2, 0) is 0 Å². The topological polar surface area (TPSA) is 0 Å². The van der Waals surface area contributed by atoms with Gasteiger partial charge in [0.15, 0.2) is 0 Å². The first-order valence-electron chi connectivity index (χ1n) is 3.48. The molecule has 0 aliphatic heterocycles. The quantitative estimate of drug-likeness (QED) is 0.491. The zero-order chi connectivity index (χ0) is 6.78. The summed E-state index contributed by atoms with van der Waals surface area (Å²) in [4.78, 5) is 0. The van der Waals surface area contributed by atoms with Crippen LogP contribution in [0.25, 0.3) is 0 Å². The van der Waals surface area contributed by atoms with Gasteiger partial charge in [0, 0.05) is 0 Å². The molecule has 0 saturated heterocycles. The molecule has 50 valence electrons. The summed E-state index contributed by atoms with van der Waals surface area (Å²) in [6.07, 6.45) is 1.30. The summed E-state index contributed by atoms with van der Waals surface area (Å²) >= 11 is 0. The second-order valence-corrected chi connectivity index (χ2v) is 3.68. The Balaban J connectivity index is 3.62. The highest BCUT2D eigenvalue weighted by molar-refractivity contribution is 4.67. The lowest BCUT2D eigenvalue weighted by atomic mass is 9.81. The molecule has 0 saturated carbocycles. The summed E-state index contributed by atoms with van der Waals surface area (Å²) in [6, 6.07) is 0. The van der Waals surface area contributed by atoms with Gasteiger partial charge in [-0.05, 0) is 11.3 Å². The molecule has 0 heteroatoms. The van der Waals surface area contributed by atoms with Gasteiger partial charge in [-0.15, -0.1) is 0 Å². The highest BCUT2D eigenvalue weighted by Gasteiger charge is 2.16. The van der Waals surface area contributed by atoms with Crippen molar-refractivity contribution >= 4 is 0 Å². The Kier molecular flexibility index (Phi) is 2.52. The van der Waals surface area contributed by atoms with Crippen LogP contribution in [0.3, 0.4) is 0 Å². The highest BCUT2D eigenvalue weighted by atomic mass is 14.2.